The van der Waals surface area contributed by atoms with E-state index in [1.54, 1.807) is 32.4 Å². The fourth-order valence-corrected chi connectivity index (χ4v) is 5.42. The van der Waals surface area contributed by atoms with Crippen molar-refractivity contribution >= 4 is 21.9 Å². The quantitative estimate of drug-likeness (QED) is 0.508. The second-order valence-corrected chi connectivity index (χ2v) is 9.87. The zero-order chi connectivity index (χ0) is 24.7. The van der Waals surface area contributed by atoms with E-state index in [0.29, 0.717) is 37.3 Å². The van der Waals surface area contributed by atoms with Crippen LogP contribution in [0.2, 0.25) is 0 Å². The van der Waals surface area contributed by atoms with Crippen LogP contribution in [-0.4, -0.2) is 64.6 Å². The van der Waals surface area contributed by atoms with Gasteiger partial charge < -0.3 is 19.5 Å². The molecule has 184 valence electrons. The molecule has 3 rings (SSSR count). The van der Waals surface area contributed by atoms with Gasteiger partial charge in [-0.25, -0.2) is 8.42 Å². The number of hydrogen-bond acceptors (Lipinski definition) is 7. The highest BCUT2D eigenvalue weighted by Crippen LogP contribution is 2.28. The smallest absolute Gasteiger partial charge is 0.324 e. The predicted molar refractivity (Wildman–Crippen MR) is 125 cm³/mol. The Labute approximate surface area is 200 Å². The summed E-state index contributed by atoms with van der Waals surface area (Å²) in [5.74, 6) is 0.0394. The lowest BCUT2D eigenvalue weighted by atomic mass is 10.1. The number of carbonyl (C=O) groups is 2. The van der Waals surface area contributed by atoms with Crippen LogP contribution in [0.5, 0.6) is 11.5 Å². The van der Waals surface area contributed by atoms with Crippen LogP contribution in [0.15, 0.2) is 47.4 Å². The van der Waals surface area contributed by atoms with E-state index in [4.69, 9.17) is 14.2 Å². The standard InChI is InChI=1S/C24H30N2O7S/c1-17-6-9-19(10-7-17)34(29,30)26-14-4-5-20(26)24(28)33-16-23(27)25-13-12-18-8-11-21(31-2)22(15-18)32-3/h6-11,15,20H,4-5,12-14,16H2,1-3H3,(H,25,27). The van der Waals surface area contributed by atoms with Crippen LogP contribution >= 0.6 is 0 Å². The van der Waals surface area contributed by atoms with Gasteiger partial charge in [-0.2, -0.15) is 4.31 Å². The minimum atomic E-state index is -3.83. The molecule has 0 saturated carbocycles. The molecule has 0 radical (unpaired) electrons. The summed E-state index contributed by atoms with van der Waals surface area (Å²) in [6.07, 6.45) is 1.44. The summed E-state index contributed by atoms with van der Waals surface area (Å²) < 4.78 is 42.7. The monoisotopic (exact) mass is 490 g/mol. The first-order valence-corrected chi connectivity index (χ1v) is 12.4. The number of amides is 1. The van der Waals surface area contributed by atoms with Crippen LogP contribution in [-0.2, 0) is 30.8 Å². The van der Waals surface area contributed by atoms with Gasteiger partial charge in [0.05, 0.1) is 19.1 Å². The number of benzene rings is 2. The number of hydrogen-bond donors (Lipinski definition) is 1. The molecule has 1 aliphatic heterocycles. The summed E-state index contributed by atoms with van der Waals surface area (Å²) >= 11 is 0. The van der Waals surface area contributed by atoms with Crippen molar-refractivity contribution in [2.75, 3.05) is 33.9 Å². The Bertz CT molecular complexity index is 1120. The lowest BCUT2D eigenvalue weighted by Gasteiger charge is -2.22. The minimum absolute atomic E-state index is 0.130. The van der Waals surface area contributed by atoms with E-state index in [0.717, 1.165) is 15.4 Å². The van der Waals surface area contributed by atoms with Crippen molar-refractivity contribution < 1.29 is 32.2 Å². The van der Waals surface area contributed by atoms with Crippen molar-refractivity contribution in [3.05, 3.63) is 53.6 Å². The van der Waals surface area contributed by atoms with Gasteiger partial charge >= 0.3 is 5.97 Å². The first kappa shape index (κ1) is 25.5. The van der Waals surface area contributed by atoms with Crippen molar-refractivity contribution in [2.24, 2.45) is 0 Å². The average Bonchev–Trinajstić information content (AvgIpc) is 3.34. The lowest BCUT2D eigenvalue weighted by Crippen LogP contribution is -2.42. The molecule has 0 bridgehead atoms. The summed E-state index contributed by atoms with van der Waals surface area (Å²) in [6.45, 7) is 1.96. The van der Waals surface area contributed by atoms with Crippen LogP contribution in [0.25, 0.3) is 0 Å². The number of ether oxygens (including phenoxy) is 3. The average molecular weight is 491 g/mol. The third-order valence-electron chi connectivity index (χ3n) is 5.63. The van der Waals surface area contributed by atoms with Gasteiger partial charge in [-0.05, 0) is 56.0 Å². The second-order valence-electron chi connectivity index (χ2n) is 7.98. The molecule has 1 atom stereocenters. The molecule has 1 saturated heterocycles. The number of nitrogens with one attached hydrogen (secondary N) is 1. The number of sulfonamides is 1. The Balaban J connectivity index is 1.49. The number of esters is 1. The number of nitrogens with zero attached hydrogens (tertiary/aromatic N) is 1. The molecule has 0 aliphatic carbocycles. The number of methoxy groups -OCH3 is 2. The van der Waals surface area contributed by atoms with Gasteiger partial charge in [-0.3, -0.25) is 9.59 Å². The summed E-state index contributed by atoms with van der Waals surface area (Å²) in [5, 5.41) is 2.70. The summed E-state index contributed by atoms with van der Waals surface area (Å²) in [6, 6.07) is 11.0. The zero-order valence-corrected chi connectivity index (χ0v) is 20.4. The molecule has 1 aliphatic rings. The molecule has 1 unspecified atom stereocenters. The first-order valence-electron chi connectivity index (χ1n) is 11.0. The molecule has 2 aromatic rings. The molecule has 2 aromatic carbocycles. The summed E-state index contributed by atoms with van der Waals surface area (Å²) in [5.41, 5.74) is 1.88. The van der Waals surface area contributed by atoms with Crippen LogP contribution in [0.1, 0.15) is 24.0 Å². The van der Waals surface area contributed by atoms with E-state index < -0.39 is 34.5 Å². The molecule has 10 heteroatoms. The summed E-state index contributed by atoms with van der Waals surface area (Å²) in [4.78, 5) is 24.9. The molecule has 1 N–H and O–H groups in total. The van der Waals surface area contributed by atoms with Crippen molar-refractivity contribution in [1.82, 2.24) is 9.62 Å². The largest absolute Gasteiger partial charge is 0.493 e. The molecule has 0 aromatic heterocycles. The fourth-order valence-electron chi connectivity index (χ4n) is 3.78. The highest BCUT2D eigenvalue weighted by atomic mass is 32.2. The van der Waals surface area contributed by atoms with E-state index >= 15 is 0 Å². The van der Waals surface area contributed by atoms with E-state index in [-0.39, 0.29) is 11.4 Å². The van der Waals surface area contributed by atoms with Gasteiger partial charge in [-0.1, -0.05) is 23.8 Å². The maximum atomic E-state index is 13.0. The molecule has 1 amide bonds. The molecule has 1 fully saturated rings. The topological polar surface area (TPSA) is 111 Å². The highest BCUT2D eigenvalue weighted by molar-refractivity contribution is 7.89. The zero-order valence-electron chi connectivity index (χ0n) is 19.6. The first-order chi connectivity index (χ1) is 16.3. The number of aryl methyl sites for hydroxylation is 1. The predicted octanol–water partition coefficient (Wildman–Crippen LogP) is 2.07. The summed E-state index contributed by atoms with van der Waals surface area (Å²) in [7, 11) is -0.723. The Morgan fingerprint density at radius 1 is 1.06 bits per heavy atom. The van der Waals surface area contributed by atoms with Crippen LogP contribution in [0, 0.1) is 6.92 Å². The van der Waals surface area contributed by atoms with E-state index in [1.165, 1.54) is 12.1 Å². The Hall–Kier alpha value is -3.11. The Morgan fingerprint density at radius 3 is 2.44 bits per heavy atom. The molecule has 34 heavy (non-hydrogen) atoms. The SMILES string of the molecule is COc1ccc(CCNC(=O)COC(=O)C2CCCN2S(=O)(=O)c2ccc(C)cc2)cc1OC. The van der Waals surface area contributed by atoms with Gasteiger partial charge in [0.2, 0.25) is 10.0 Å². The molecule has 1 heterocycles. The van der Waals surface area contributed by atoms with Crippen molar-refractivity contribution in [3.63, 3.8) is 0 Å². The molecule has 0 spiro atoms. The molecular weight excluding hydrogens is 460 g/mol. The van der Waals surface area contributed by atoms with Crippen LogP contribution in [0.4, 0.5) is 0 Å². The van der Waals surface area contributed by atoms with Gasteiger partial charge in [0, 0.05) is 13.1 Å². The van der Waals surface area contributed by atoms with Crippen LogP contribution in [0.3, 0.4) is 0 Å². The third-order valence-corrected chi connectivity index (χ3v) is 7.56. The second kappa shape index (κ2) is 11.3. The van der Waals surface area contributed by atoms with Gasteiger partial charge in [0.15, 0.2) is 18.1 Å². The normalized spacial score (nSPS) is 16.1. The van der Waals surface area contributed by atoms with Gasteiger partial charge in [0.1, 0.15) is 6.04 Å². The number of rotatable bonds is 10. The maximum Gasteiger partial charge on any atom is 0.324 e. The fraction of sp³-hybridized carbons (Fsp3) is 0.417. The van der Waals surface area contributed by atoms with Crippen molar-refractivity contribution in [1.29, 1.82) is 0 Å². The van der Waals surface area contributed by atoms with Crippen molar-refractivity contribution in [2.45, 2.75) is 37.1 Å². The van der Waals surface area contributed by atoms with Gasteiger partial charge in [-0.15, -0.1) is 0 Å². The van der Waals surface area contributed by atoms with E-state index in [2.05, 4.69) is 5.32 Å². The Morgan fingerprint density at radius 2 is 1.76 bits per heavy atom. The Kier molecular flexibility index (Phi) is 8.51. The maximum absolute atomic E-state index is 13.0. The minimum Gasteiger partial charge on any atom is -0.493 e. The lowest BCUT2D eigenvalue weighted by molar-refractivity contribution is -0.151. The third kappa shape index (κ3) is 6.06. The van der Waals surface area contributed by atoms with Gasteiger partial charge in [0.25, 0.3) is 5.91 Å². The van der Waals surface area contributed by atoms with Crippen LogP contribution < -0.4 is 14.8 Å². The molecular formula is C24H30N2O7S. The van der Waals surface area contributed by atoms with E-state index in [9.17, 15) is 18.0 Å². The van der Waals surface area contributed by atoms with E-state index in [1.807, 2.05) is 19.1 Å². The molecule has 9 nitrogen and oxygen atoms in total. The highest BCUT2D eigenvalue weighted by Gasteiger charge is 2.40. The number of carbonyl (C=O) groups excluding carboxylic acids is 2. The van der Waals surface area contributed by atoms with Crippen molar-refractivity contribution in [3.8, 4) is 11.5 Å².